The first kappa shape index (κ1) is 22.8. The van der Waals surface area contributed by atoms with E-state index in [2.05, 4.69) is 38.5 Å². The molecule has 0 aliphatic rings. The van der Waals surface area contributed by atoms with Gasteiger partial charge in [-0.05, 0) is 52.6 Å². The standard InChI is InChI=1S/C24H30O3/c1-7-13-25-16-22-19(10-4)23(17-26-14-8-2)21(12-6)24(20(22)11-5)18-27-15-9-3/h1-3H,10-18H2,4-6H3. The maximum atomic E-state index is 5.71. The minimum absolute atomic E-state index is 0.285. The molecule has 3 nitrogen and oxygen atoms in total. The van der Waals surface area contributed by atoms with Crippen molar-refractivity contribution < 1.29 is 14.2 Å². The zero-order valence-electron chi connectivity index (χ0n) is 16.8. The molecule has 0 N–H and O–H groups in total. The molecule has 1 rings (SSSR count). The van der Waals surface area contributed by atoms with Crippen molar-refractivity contribution in [1.29, 1.82) is 0 Å². The SMILES string of the molecule is C#CCOCc1c(CC)c(COCC#C)c(CC)c(COCC#C)c1CC. The highest BCUT2D eigenvalue weighted by molar-refractivity contribution is 5.52. The summed E-state index contributed by atoms with van der Waals surface area (Å²) in [5.41, 5.74) is 7.35. The van der Waals surface area contributed by atoms with Gasteiger partial charge in [0.15, 0.2) is 0 Å². The monoisotopic (exact) mass is 366 g/mol. The fourth-order valence-electron chi connectivity index (χ4n) is 3.53. The summed E-state index contributed by atoms with van der Waals surface area (Å²) in [5.74, 6) is 7.60. The van der Waals surface area contributed by atoms with Crippen LogP contribution in [0.4, 0.5) is 0 Å². The van der Waals surface area contributed by atoms with Crippen molar-refractivity contribution in [2.24, 2.45) is 0 Å². The fourth-order valence-corrected chi connectivity index (χ4v) is 3.53. The first-order chi connectivity index (χ1) is 13.2. The van der Waals surface area contributed by atoms with Crippen molar-refractivity contribution in [3.63, 3.8) is 0 Å². The normalized spacial score (nSPS) is 10.2. The molecule has 0 fully saturated rings. The van der Waals surface area contributed by atoms with Crippen LogP contribution in [-0.4, -0.2) is 19.8 Å². The molecule has 27 heavy (non-hydrogen) atoms. The molecule has 0 aliphatic carbocycles. The molecule has 0 radical (unpaired) electrons. The van der Waals surface area contributed by atoms with Crippen molar-refractivity contribution in [1.82, 2.24) is 0 Å². The Balaban J connectivity index is 3.54. The summed E-state index contributed by atoms with van der Waals surface area (Å²) in [4.78, 5) is 0. The van der Waals surface area contributed by atoms with Crippen molar-refractivity contribution in [2.75, 3.05) is 19.8 Å². The smallest absolute Gasteiger partial charge is 0.107 e. The maximum Gasteiger partial charge on any atom is 0.107 e. The quantitative estimate of drug-likeness (QED) is 0.416. The second-order valence-corrected chi connectivity index (χ2v) is 6.02. The van der Waals surface area contributed by atoms with Gasteiger partial charge in [-0.3, -0.25) is 0 Å². The van der Waals surface area contributed by atoms with Gasteiger partial charge in [-0.1, -0.05) is 38.5 Å². The predicted molar refractivity (Wildman–Crippen MR) is 110 cm³/mol. The van der Waals surface area contributed by atoms with E-state index in [1.165, 1.54) is 33.4 Å². The molecular formula is C24H30O3. The lowest BCUT2D eigenvalue weighted by Crippen LogP contribution is -2.16. The maximum absolute atomic E-state index is 5.71. The molecule has 0 atom stereocenters. The van der Waals surface area contributed by atoms with Crippen LogP contribution >= 0.6 is 0 Å². The van der Waals surface area contributed by atoms with Gasteiger partial charge in [-0.2, -0.15) is 0 Å². The molecule has 1 aromatic carbocycles. The van der Waals surface area contributed by atoms with E-state index in [4.69, 9.17) is 33.5 Å². The van der Waals surface area contributed by atoms with Crippen LogP contribution < -0.4 is 0 Å². The first-order valence-electron chi connectivity index (χ1n) is 9.40. The third kappa shape index (κ3) is 6.16. The van der Waals surface area contributed by atoms with Gasteiger partial charge in [-0.15, -0.1) is 19.3 Å². The zero-order valence-corrected chi connectivity index (χ0v) is 16.8. The average molecular weight is 367 g/mol. The molecule has 0 aliphatic heterocycles. The average Bonchev–Trinajstić information content (AvgIpc) is 2.68. The van der Waals surface area contributed by atoms with Gasteiger partial charge in [0.1, 0.15) is 19.8 Å². The molecule has 0 spiro atoms. The first-order valence-corrected chi connectivity index (χ1v) is 9.40. The minimum atomic E-state index is 0.285. The number of hydrogen-bond acceptors (Lipinski definition) is 3. The summed E-state index contributed by atoms with van der Waals surface area (Å²) >= 11 is 0. The van der Waals surface area contributed by atoms with Gasteiger partial charge in [0.2, 0.25) is 0 Å². The lowest BCUT2D eigenvalue weighted by atomic mass is 9.84. The summed E-state index contributed by atoms with van der Waals surface area (Å²) < 4.78 is 17.1. The highest BCUT2D eigenvalue weighted by atomic mass is 16.5. The van der Waals surface area contributed by atoms with E-state index in [1.807, 2.05) is 0 Å². The van der Waals surface area contributed by atoms with Crippen LogP contribution in [-0.2, 0) is 53.3 Å². The Labute approximate surface area is 164 Å². The fraction of sp³-hybridized carbons (Fsp3) is 0.500. The van der Waals surface area contributed by atoms with Crippen LogP contribution in [0, 0.1) is 37.0 Å². The van der Waals surface area contributed by atoms with E-state index in [0.717, 1.165) is 19.3 Å². The third-order valence-corrected chi connectivity index (χ3v) is 4.54. The number of hydrogen-bond donors (Lipinski definition) is 0. The van der Waals surface area contributed by atoms with Crippen LogP contribution in [0.25, 0.3) is 0 Å². The third-order valence-electron chi connectivity index (χ3n) is 4.54. The van der Waals surface area contributed by atoms with Crippen LogP contribution in [0.5, 0.6) is 0 Å². The molecule has 0 amide bonds. The Morgan fingerprint density at radius 3 is 0.963 bits per heavy atom. The number of ether oxygens (including phenoxy) is 3. The highest BCUT2D eigenvalue weighted by Crippen LogP contribution is 2.32. The summed E-state index contributed by atoms with van der Waals surface area (Å²) in [6.45, 7) is 8.74. The summed E-state index contributed by atoms with van der Waals surface area (Å²) in [6, 6.07) is 0. The minimum Gasteiger partial charge on any atom is -0.364 e. The molecule has 0 unspecified atom stereocenters. The Bertz CT molecular complexity index is 605. The van der Waals surface area contributed by atoms with Crippen LogP contribution in [0.15, 0.2) is 0 Å². The number of benzene rings is 1. The Morgan fingerprint density at radius 1 is 0.519 bits per heavy atom. The predicted octanol–water partition coefficient (Wildman–Crippen LogP) is 3.82. The summed E-state index contributed by atoms with van der Waals surface area (Å²) in [6.07, 6.45) is 18.7. The second kappa shape index (κ2) is 13.0. The zero-order chi connectivity index (χ0) is 20.1. The Hall–Kier alpha value is -2.22. The topological polar surface area (TPSA) is 27.7 Å². The molecule has 0 bridgehead atoms. The van der Waals surface area contributed by atoms with Gasteiger partial charge in [0.05, 0.1) is 19.8 Å². The molecule has 0 aromatic heterocycles. The highest BCUT2D eigenvalue weighted by Gasteiger charge is 2.21. The van der Waals surface area contributed by atoms with Crippen molar-refractivity contribution >= 4 is 0 Å². The number of terminal acetylenes is 3. The molecular weight excluding hydrogens is 336 g/mol. The van der Waals surface area contributed by atoms with E-state index < -0.39 is 0 Å². The molecule has 1 aromatic rings. The molecule has 144 valence electrons. The van der Waals surface area contributed by atoms with Crippen LogP contribution in [0.3, 0.4) is 0 Å². The van der Waals surface area contributed by atoms with Crippen molar-refractivity contribution in [3.05, 3.63) is 33.4 Å². The molecule has 0 saturated carbocycles. The summed E-state index contributed by atoms with van der Waals surface area (Å²) in [5, 5.41) is 0. The summed E-state index contributed by atoms with van der Waals surface area (Å²) in [7, 11) is 0. The van der Waals surface area contributed by atoms with Gasteiger partial charge in [-0.25, -0.2) is 0 Å². The van der Waals surface area contributed by atoms with Gasteiger partial charge in [0.25, 0.3) is 0 Å². The van der Waals surface area contributed by atoms with E-state index in [1.54, 1.807) is 0 Å². The van der Waals surface area contributed by atoms with E-state index >= 15 is 0 Å². The van der Waals surface area contributed by atoms with E-state index in [0.29, 0.717) is 19.8 Å². The van der Waals surface area contributed by atoms with Crippen LogP contribution in [0.1, 0.15) is 54.2 Å². The molecule has 3 heteroatoms. The van der Waals surface area contributed by atoms with Gasteiger partial charge in [0, 0.05) is 0 Å². The second-order valence-electron chi connectivity index (χ2n) is 6.02. The lowest BCUT2D eigenvalue weighted by Gasteiger charge is -2.25. The van der Waals surface area contributed by atoms with E-state index in [9.17, 15) is 0 Å². The van der Waals surface area contributed by atoms with Crippen molar-refractivity contribution in [3.8, 4) is 37.0 Å². The molecule has 0 saturated heterocycles. The van der Waals surface area contributed by atoms with E-state index in [-0.39, 0.29) is 19.8 Å². The number of rotatable bonds is 12. The largest absolute Gasteiger partial charge is 0.364 e. The van der Waals surface area contributed by atoms with Gasteiger partial charge < -0.3 is 14.2 Å². The Kier molecular flexibility index (Phi) is 11.0. The van der Waals surface area contributed by atoms with Gasteiger partial charge >= 0.3 is 0 Å². The lowest BCUT2D eigenvalue weighted by molar-refractivity contribution is 0.142. The Morgan fingerprint density at radius 2 is 0.778 bits per heavy atom. The van der Waals surface area contributed by atoms with Crippen LogP contribution in [0.2, 0.25) is 0 Å². The molecule has 0 heterocycles. The van der Waals surface area contributed by atoms with Crippen molar-refractivity contribution in [2.45, 2.75) is 59.9 Å².